The lowest BCUT2D eigenvalue weighted by molar-refractivity contribution is 1.12. The molecular formula is C79H50N6. The topological polar surface area (TPSA) is 45.5 Å². The predicted molar refractivity (Wildman–Crippen MR) is 355 cm³/mol. The molecule has 0 aliphatic rings. The molecule has 0 saturated heterocycles. The third-order valence-electron chi connectivity index (χ3n) is 17.8. The maximum absolute atomic E-state index is 5.78. The second kappa shape index (κ2) is 18.3. The number of aromatic nitrogens is 6. The van der Waals surface area contributed by atoms with E-state index in [1.165, 1.54) is 70.7 Å². The molecule has 5 heterocycles. The van der Waals surface area contributed by atoms with Crippen LogP contribution in [0.15, 0.2) is 285 Å². The molecule has 18 rings (SSSR count). The summed E-state index contributed by atoms with van der Waals surface area (Å²) in [5, 5.41) is 12.9. The van der Waals surface area contributed by atoms with Crippen LogP contribution < -0.4 is 0 Å². The lowest BCUT2D eigenvalue weighted by Crippen LogP contribution is -2.02. The summed E-state index contributed by atoms with van der Waals surface area (Å²) in [6.07, 6.45) is 0. The number of nitrogens with zero attached hydrogens (tertiary/aromatic N) is 6. The molecule has 85 heavy (non-hydrogen) atoms. The highest BCUT2D eigenvalue weighted by atomic mass is 15.0. The SMILES string of the molecule is Cc1ccc(-c2cccc(-c3nc(-c4cc(-n5c6ccccc6c6cc(-n7c8ccccc8c8ccccc87)ccc65)cc(-n5c6ccccc6c6cc(-n7c8ccccc8c8ccccc87)ccc65)c4)nc4ccc5ccccc5c34)c2)cc1. The van der Waals surface area contributed by atoms with Gasteiger partial charge in [-0.2, -0.15) is 0 Å². The van der Waals surface area contributed by atoms with Crippen molar-refractivity contribution in [3.8, 4) is 56.5 Å². The van der Waals surface area contributed by atoms with Crippen LogP contribution in [-0.2, 0) is 0 Å². The van der Waals surface area contributed by atoms with Gasteiger partial charge in [-0.1, -0.05) is 188 Å². The molecule has 0 fully saturated rings. The maximum Gasteiger partial charge on any atom is 0.160 e. The summed E-state index contributed by atoms with van der Waals surface area (Å²) in [7, 11) is 0. The zero-order valence-electron chi connectivity index (χ0n) is 46.3. The van der Waals surface area contributed by atoms with Crippen molar-refractivity contribution >= 4 is 109 Å². The van der Waals surface area contributed by atoms with Crippen LogP contribution >= 0.6 is 0 Å². The van der Waals surface area contributed by atoms with Crippen molar-refractivity contribution in [1.82, 2.24) is 28.2 Å². The average Bonchev–Trinajstić information content (AvgIpc) is 2.04. The zero-order chi connectivity index (χ0) is 55.9. The lowest BCUT2D eigenvalue weighted by Gasteiger charge is -2.17. The van der Waals surface area contributed by atoms with E-state index in [1.54, 1.807) is 0 Å². The Balaban J connectivity index is 0.908. The minimum atomic E-state index is 0.644. The molecule has 0 bridgehead atoms. The zero-order valence-corrected chi connectivity index (χ0v) is 46.3. The number of benzene rings is 13. The van der Waals surface area contributed by atoms with Gasteiger partial charge in [-0.3, -0.25) is 0 Å². The first-order chi connectivity index (χ1) is 42.1. The largest absolute Gasteiger partial charge is 0.309 e. The molecule has 0 radical (unpaired) electrons. The summed E-state index contributed by atoms with van der Waals surface area (Å²) >= 11 is 0. The van der Waals surface area contributed by atoms with Crippen LogP contribution in [0.3, 0.4) is 0 Å². The van der Waals surface area contributed by atoms with Gasteiger partial charge in [0, 0.05) is 82.4 Å². The first kappa shape index (κ1) is 47.3. The lowest BCUT2D eigenvalue weighted by atomic mass is 9.96. The van der Waals surface area contributed by atoms with Crippen LogP contribution in [0.4, 0.5) is 0 Å². The third kappa shape index (κ3) is 7.19. The van der Waals surface area contributed by atoms with Crippen molar-refractivity contribution in [3.05, 3.63) is 291 Å². The number of rotatable bonds is 7. The molecule has 0 unspecified atom stereocenters. The Morgan fingerprint density at radius 2 is 0.659 bits per heavy atom. The Kier molecular flexibility index (Phi) is 10.2. The number of aryl methyl sites for hydroxylation is 1. The quantitative estimate of drug-likeness (QED) is 0.149. The van der Waals surface area contributed by atoms with Crippen LogP contribution in [0, 0.1) is 6.92 Å². The number of hydrogen-bond acceptors (Lipinski definition) is 2. The van der Waals surface area contributed by atoms with Gasteiger partial charge < -0.3 is 18.3 Å². The summed E-state index contributed by atoms with van der Waals surface area (Å²) < 4.78 is 9.72. The van der Waals surface area contributed by atoms with Gasteiger partial charge in [-0.25, -0.2) is 9.97 Å². The normalized spacial score (nSPS) is 12.1. The highest BCUT2D eigenvalue weighted by Crippen LogP contribution is 2.43. The molecule has 0 spiro atoms. The van der Waals surface area contributed by atoms with E-state index < -0.39 is 0 Å². The van der Waals surface area contributed by atoms with Crippen molar-refractivity contribution < 1.29 is 0 Å². The van der Waals surface area contributed by atoms with Crippen molar-refractivity contribution in [2.75, 3.05) is 0 Å². The van der Waals surface area contributed by atoms with E-state index in [2.05, 4.69) is 310 Å². The van der Waals surface area contributed by atoms with Gasteiger partial charge in [-0.05, 0) is 132 Å². The monoisotopic (exact) mass is 1080 g/mol. The standard InChI is InChI=1S/C79H50N6/c1-49-33-35-50(36-34-49)52-18-16-19-53(43-52)78-77-59-20-3-2-17-51(59)37-40-68(77)80-79(81-78)54-44-57(84-73-31-14-8-25-64(73)66-47-55(38-41-75(66)84)82-69-27-10-4-21-60(69)61-22-5-11-28-70(61)82)46-58(45-54)85-74-32-15-9-26-65(74)67-48-56(39-42-76(67)85)83-71-29-12-6-23-62(71)63-24-7-13-30-72(63)83/h2-48H,1H3. The Hall–Kier alpha value is -11.3. The molecule has 0 N–H and O–H groups in total. The summed E-state index contributed by atoms with van der Waals surface area (Å²) in [4.78, 5) is 11.4. The number of para-hydroxylation sites is 6. The van der Waals surface area contributed by atoms with E-state index in [0.717, 1.165) is 94.4 Å². The molecule has 396 valence electrons. The Labute approximate surface area is 488 Å². The predicted octanol–water partition coefficient (Wildman–Crippen LogP) is 20.5. The molecule has 5 aromatic heterocycles. The highest BCUT2D eigenvalue weighted by molar-refractivity contribution is 6.16. The molecule has 6 nitrogen and oxygen atoms in total. The van der Waals surface area contributed by atoms with E-state index >= 15 is 0 Å². The Morgan fingerprint density at radius 1 is 0.247 bits per heavy atom. The van der Waals surface area contributed by atoms with Gasteiger partial charge in [0.05, 0.1) is 55.3 Å². The number of fused-ring (bicyclic) bond motifs is 15. The van der Waals surface area contributed by atoms with E-state index in [1.807, 2.05) is 0 Å². The van der Waals surface area contributed by atoms with Crippen molar-refractivity contribution in [2.45, 2.75) is 6.92 Å². The van der Waals surface area contributed by atoms with Crippen LogP contribution in [0.2, 0.25) is 0 Å². The van der Waals surface area contributed by atoms with Crippen LogP contribution in [0.25, 0.3) is 165 Å². The second-order valence-electron chi connectivity index (χ2n) is 22.6. The van der Waals surface area contributed by atoms with E-state index in [9.17, 15) is 0 Å². The van der Waals surface area contributed by atoms with E-state index in [4.69, 9.17) is 9.97 Å². The van der Waals surface area contributed by atoms with E-state index in [-0.39, 0.29) is 0 Å². The Morgan fingerprint density at radius 3 is 1.15 bits per heavy atom. The summed E-state index contributed by atoms with van der Waals surface area (Å²) in [5.74, 6) is 0.644. The smallest absolute Gasteiger partial charge is 0.160 e. The van der Waals surface area contributed by atoms with Crippen LogP contribution in [-0.4, -0.2) is 28.2 Å². The van der Waals surface area contributed by atoms with Gasteiger partial charge in [0.1, 0.15) is 0 Å². The van der Waals surface area contributed by atoms with Gasteiger partial charge in [0.15, 0.2) is 5.82 Å². The molecule has 6 heteroatoms. The van der Waals surface area contributed by atoms with Crippen LogP contribution in [0.1, 0.15) is 5.56 Å². The van der Waals surface area contributed by atoms with Crippen LogP contribution in [0.5, 0.6) is 0 Å². The molecule has 18 aromatic rings. The molecule has 0 atom stereocenters. The fourth-order valence-electron chi connectivity index (χ4n) is 14.0. The molecule has 0 saturated carbocycles. The first-order valence-corrected chi connectivity index (χ1v) is 29.1. The maximum atomic E-state index is 5.78. The van der Waals surface area contributed by atoms with Crippen molar-refractivity contribution in [3.63, 3.8) is 0 Å². The van der Waals surface area contributed by atoms with Crippen molar-refractivity contribution in [1.29, 1.82) is 0 Å². The second-order valence-corrected chi connectivity index (χ2v) is 22.6. The van der Waals surface area contributed by atoms with Crippen molar-refractivity contribution in [2.24, 2.45) is 0 Å². The minimum absolute atomic E-state index is 0.644. The summed E-state index contributed by atoms with van der Waals surface area (Å²) in [6.45, 7) is 2.14. The van der Waals surface area contributed by atoms with Gasteiger partial charge in [0.2, 0.25) is 0 Å². The fraction of sp³-hybridized carbons (Fsp3) is 0.0127. The molecule has 0 amide bonds. The summed E-state index contributed by atoms with van der Waals surface area (Å²) in [6, 6.07) is 104. The molecule has 13 aromatic carbocycles. The van der Waals surface area contributed by atoms with E-state index in [0.29, 0.717) is 5.82 Å². The average molecular weight is 1080 g/mol. The third-order valence-corrected chi connectivity index (χ3v) is 17.8. The van der Waals surface area contributed by atoms with Gasteiger partial charge in [0.25, 0.3) is 0 Å². The summed E-state index contributed by atoms with van der Waals surface area (Å²) in [5.41, 5.74) is 20.6. The highest BCUT2D eigenvalue weighted by Gasteiger charge is 2.23. The molecule has 0 aliphatic heterocycles. The first-order valence-electron chi connectivity index (χ1n) is 29.1. The minimum Gasteiger partial charge on any atom is -0.309 e. The van der Waals surface area contributed by atoms with Gasteiger partial charge in [-0.15, -0.1) is 0 Å². The molecular weight excluding hydrogens is 1030 g/mol. The van der Waals surface area contributed by atoms with Gasteiger partial charge >= 0.3 is 0 Å². The fourth-order valence-corrected chi connectivity index (χ4v) is 14.0. The molecule has 0 aliphatic carbocycles. The Bertz CT molecular complexity index is 5450. The number of hydrogen-bond donors (Lipinski definition) is 0.